The van der Waals surface area contributed by atoms with Crippen molar-refractivity contribution in [3.8, 4) is 0 Å². The lowest BCUT2D eigenvalue weighted by molar-refractivity contribution is 0.224. The molecule has 6 heteroatoms. The van der Waals surface area contributed by atoms with Crippen LogP contribution >= 0.6 is 0 Å². The fourth-order valence-corrected chi connectivity index (χ4v) is 2.04. The van der Waals surface area contributed by atoms with Crippen LogP contribution in [0.5, 0.6) is 0 Å². The number of aliphatic hydroxyl groups is 1. The standard InChI is InChI=1S/C16H16F2N2O2/c17-12-7-13(18)9-14(8-12)19-16(22)20-15(10-21)6-11-4-2-1-3-5-11/h1-5,7-9,15,21H,6,10H2,(H2,19,20,22). The number of benzene rings is 2. The van der Waals surface area contributed by atoms with Gasteiger partial charge in [0, 0.05) is 11.8 Å². The highest BCUT2D eigenvalue weighted by molar-refractivity contribution is 5.89. The van der Waals surface area contributed by atoms with Crippen molar-refractivity contribution in [3.63, 3.8) is 0 Å². The zero-order valence-electron chi connectivity index (χ0n) is 11.7. The molecule has 1 atom stereocenters. The van der Waals surface area contributed by atoms with Gasteiger partial charge in [-0.25, -0.2) is 13.6 Å². The maximum Gasteiger partial charge on any atom is 0.319 e. The number of aliphatic hydroxyl groups excluding tert-OH is 1. The molecule has 2 aromatic carbocycles. The Morgan fingerprint density at radius 1 is 1.09 bits per heavy atom. The van der Waals surface area contributed by atoms with Gasteiger partial charge in [0.25, 0.3) is 0 Å². The number of hydrogen-bond acceptors (Lipinski definition) is 2. The predicted molar refractivity (Wildman–Crippen MR) is 79.5 cm³/mol. The van der Waals surface area contributed by atoms with E-state index in [1.807, 2.05) is 30.3 Å². The van der Waals surface area contributed by atoms with E-state index in [1.165, 1.54) is 0 Å². The Morgan fingerprint density at radius 2 is 1.73 bits per heavy atom. The van der Waals surface area contributed by atoms with E-state index >= 15 is 0 Å². The Hall–Kier alpha value is -2.47. The van der Waals surface area contributed by atoms with Crippen LogP contribution in [0.3, 0.4) is 0 Å². The second-order valence-electron chi connectivity index (χ2n) is 4.83. The number of nitrogens with one attached hydrogen (secondary N) is 2. The third-order valence-corrected chi connectivity index (χ3v) is 3.00. The summed E-state index contributed by atoms with van der Waals surface area (Å²) in [5.41, 5.74) is 0.963. The van der Waals surface area contributed by atoms with Gasteiger partial charge in [0.1, 0.15) is 11.6 Å². The Labute approximate surface area is 126 Å². The molecule has 0 radical (unpaired) electrons. The van der Waals surface area contributed by atoms with Crippen molar-refractivity contribution in [2.24, 2.45) is 0 Å². The highest BCUT2D eigenvalue weighted by Gasteiger charge is 2.12. The average Bonchev–Trinajstić information content (AvgIpc) is 2.46. The molecule has 2 rings (SSSR count). The van der Waals surface area contributed by atoms with Crippen molar-refractivity contribution in [2.45, 2.75) is 12.5 Å². The van der Waals surface area contributed by atoms with Crippen LogP contribution < -0.4 is 10.6 Å². The van der Waals surface area contributed by atoms with Gasteiger partial charge in [-0.05, 0) is 24.1 Å². The van der Waals surface area contributed by atoms with Gasteiger partial charge in [0.05, 0.1) is 12.6 Å². The zero-order valence-corrected chi connectivity index (χ0v) is 11.7. The van der Waals surface area contributed by atoms with Gasteiger partial charge in [0.15, 0.2) is 0 Å². The normalized spacial score (nSPS) is 11.8. The first-order valence-electron chi connectivity index (χ1n) is 6.75. The quantitative estimate of drug-likeness (QED) is 0.795. The molecule has 0 spiro atoms. The minimum atomic E-state index is -0.779. The molecule has 0 aliphatic rings. The van der Waals surface area contributed by atoms with Gasteiger partial charge in [-0.1, -0.05) is 30.3 Å². The zero-order chi connectivity index (χ0) is 15.9. The second-order valence-corrected chi connectivity index (χ2v) is 4.83. The Kier molecular flexibility index (Phi) is 5.43. The summed E-state index contributed by atoms with van der Waals surface area (Å²) in [6.45, 7) is -0.250. The van der Waals surface area contributed by atoms with E-state index in [4.69, 9.17) is 0 Å². The largest absolute Gasteiger partial charge is 0.394 e. The monoisotopic (exact) mass is 306 g/mol. The summed E-state index contributed by atoms with van der Waals surface area (Å²) in [4.78, 5) is 11.8. The molecule has 22 heavy (non-hydrogen) atoms. The van der Waals surface area contributed by atoms with Crippen molar-refractivity contribution in [1.29, 1.82) is 0 Å². The molecule has 0 fully saturated rings. The molecule has 0 aliphatic heterocycles. The Bertz CT molecular complexity index is 615. The molecule has 0 saturated heterocycles. The van der Waals surface area contributed by atoms with Crippen LogP contribution in [0.4, 0.5) is 19.3 Å². The molecule has 4 nitrogen and oxygen atoms in total. The number of rotatable bonds is 5. The molecule has 0 bridgehead atoms. The molecule has 2 amide bonds. The Morgan fingerprint density at radius 3 is 2.32 bits per heavy atom. The number of halogens is 2. The van der Waals surface area contributed by atoms with Crippen LogP contribution in [-0.2, 0) is 6.42 Å². The SMILES string of the molecule is O=C(Nc1cc(F)cc(F)c1)NC(CO)Cc1ccccc1. The molecular weight excluding hydrogens is 290 g/mol. The van der Waals surface area contributed by atoms with E-state index in [-0.39, 0.29) is 12.3 Å². The summed E-state index contributed by atoms with van der Waals surface area (Å²) in [5, 5.41) is 14.2. The first kappa shape index (κ1) is 15.9. The summed E-state index contributed by atoms with van der Waals surface area (Å²) < 4.78 is 26.1. The second kappa shape index (κ2) is 7.51. The summed E-state index contributed by atoms with van der Waals surface area (Å²) in [7, 11) is 0. The number of anilines is 1. The summed E-state index contributed by atoms with van der Waals surface area (Å²) in [6.07, 6.45) is 0.447. The van der Waals surface area contributed by atoms with E-state index in [0.29, 0.717) is 6.42 Å². The summed E-state index contributed by atoms with van der Waals surface area (Å²) in [5.74, 6) is -1.56. The minimum Gasteiger partial charge on any atom is -0.394 e. The molecule has 3 N–H and O–H groups in total. The van der Waals surface area contributed by atoms with Gasteiger partial charge in [-0.15, -0.1) is 0 Å². The topological polar surface area (TPSA) is 61.4 Å². The lowest BCUT2D eigenvalue weighted by Crippen LogP contribution is -2.41. The lowest BCUT2D eigenvalue weighted by atomic mass is 10.1. The highest BCUT2D eigenvalue weighted by Crippen LogP contribution is 2.12. The van der Waals surface area contributed by atoms with Crippen LogP contribution in [0.2, 0.25) is 0 Å². The number of carbonyl (C=O) groups is 1. The van der Waals surface area contributed by atoms with Crippen LogP contribution in [0.15, 0.2) is 48.5 Å². The van der Waals surface area contributed by atoms with Gasteiger partial charge >= 0.3 is 6.03 Å². The molecule has 0 aliphatic carbocycles. The number of amides is 2. The van der Waals surface area contributed by atoms with Crippen molar-refractivity contribution in [3.05, 3.63) is 65.7 Å². The van der Waals surface area contributed by atoms with Crippen LogP contribution in [0.1, 0.15) is 5.56 Å². The predicted octanol–water partition coefficient (Wildman–Crippen LogP) is 2.69. The summed E-state index contributed by atoms with van der Waals surface area (Å²) >= 11 is 0. The number of urea groups is 1. The van der Waals surface area contributed by atoms with Crippen LogP contribution in [0, 0.1) is 11.6 Å². The van der Waals surface area contributed by atoms with E-state index in [2.05, 4.69) is 10.6 Å². The van der Waals surface area contributed by atoms with Crippen molar-refractivity contribution in [1.82, 2.24) is 5.32 Å². The van der Waals surface area contributed by atoms with Crippen molar-refractivity contribution in [2.75, 3.05) is 11.9 Å². The third-order valence-electron chi connectivity index (χ3n) is 3.00. The third kappa shape index (κ3) is 4.82. The van der Waals surface area contributed by atoms with E-state index in [1.54, 1.807) is 0 Å². The molecular formula is C16H16F2N2O2. The smallest absolute Gasteiger partial charge is 0.319 e. The highest BCUT2D eigenvalue weighted by atomic mass is 19.1. The average molecular weight is 306 g/mol. The number of carbonyl (C=O) groups excluding carboxylic acids is 1. The van der Waals surface area contributed by atoms with Crippen LogP contribution in [0.25, 0.3) is 0 Å². The lowest BCUT2D eigenvalue weighted by Gasteiger charge is -2.17. The fourth-order valence-electron chi connectivity index (χ4n) is 2.04. The van der Waals surface area contributed by atoms with E-state index in [9.17, 15) is 18.7 Å². The van der Waals surface area contributed by atoms with Crippen LogP contribution in [-0.4, -0.2) is 23.8 Å². The summed E-state index contributed by atoms with van der Waals surface area (Å²) in [6, 6.07) is 10.9. The van der Waals surface area contributed by atoms with E-state index < -0.39 is 23.7 Å². The van der Waals surface area contributed by atoms with Gasteiger partial charge < -0.3 is 15.7 Å². The molecule has 1 unspecified atom stereocenters. The van der Waals surface area contributed by atoms with Crippen molar-refractivity contribution >= 4 is 11.7 Å². The van der Waals surface area contributed by atoms with Crippen molar-refractivity contribution < 1.29 is 18.7 Å². The number of hydrogen-bond donors (Lipinski definition) is 3. The molecule has 0 aromatic heterocycles. The van der Waals surface area contributed by atoms with Gasteiger partial charge in [-0.2, -0.15) is 0 Å². The Balaban J connectivity index is 1.94. The molecule has 116 valence electrons. The van der Waals surface area contributed by atoms with Gasteiger partial charge in [-0.3, -0.25) is 0 Å². The molecule has 0 heterocycles. The first-order chi connectivity index (χ1) is 10.6. The maximum atomic E-state index is 13.0. The fraction of sp³-hybridized carbons (Fsp3) is 0.188. The maximum absolute atomic E-state index is 13.0. The molecule has 0 saturated carbocycles. The van der Waals surface area contributed by atoms with Gasteiger partial charge in [0.2, 0.25) is 0 Å². The molecule has 2 aromatic rings. The minimum absolute atomic E-state index is 0.00593. The first-order valence-corrected chi connectivity index (χ1v) is 6.75. The van der Waals surface area contributed by atoms with E-state index in [0.717, 1.165) is 23.8 Å².